The van der Waals surface area contributed by atoms with E-state index in [-0.39, 0.29) is 0 Å². The molecule has 2 aromatic carbocycles. The molecule has 0 aromatic heterocycles. The Hall–Kier alpha value is -1.28. The predicted octanol–water partition coefficient (Wildman–Crippen LogP) is 4.56. The minimum absolute atomic E-state index is 0.306. The molecule has 0 radical (unpaired) electrons. The minimum atomic E-state index is 0.306. The number of para-hydroxylation sites is 1. The van der Waals surface area contributed by atoms with Crippen molar-refractivity contribution in [1.29, 1.82) is 0 Å². The fourth-order valence-electron chi connectivity index (χ4n) is 2.72. The van der Waals surface area contributed by atoms with E-state index >= 15 is 0 Å². The summed E-state index contributed by atoms with van der Waals surface area (Å²) in [7, 11) is 0. The molecule has 1 nitrogen and oxygen atoms in total. The van der Waals surface area contributed by atoms with Gasteiger partial charge in [-0.3, -0.25) is 0 Å². The van der Waals surface area contributed by atoms with Gasteiger partial charge < -0.3 is 4.74 Å². The second-order valence-electron chi connectivity index (χ2n) is 5.05. The van der Waals surface area contributed by atoms with Crippen LogP contribution in [0.4, 0.5) is 0 Å². The lowest BCUT2D eigenvalue weighted by Gasteiger charge is -2.19. The Balaban J connectivity index is 1.69. The first-order valence-corrected chi connectivity index (χ1v) is 7.84. The minimum Gasteiger partial charge on any atom is -0.490 e. The first-order valence-electron chi connectivity index (χ1n) is 6.72. The number of hydrogen-bond acceptors (Lipinski definition) is 1. The molecule has 19 heavy (non-hydrogen) atoms. The maximum atomic E-state index is 6.04. The van der Waals surface area contributed by atoms with Crippen LogP contribution in [0.2, 0.25) is 0 Å². The molecule has 1 aliphatic rings. The molecule has 0 fully saturated rings. The number of rotatable bonds is 4. The van der Waals surface area contributed by atoms with Crippen molar-refractivity contribution in [2.45, 2.75) is 24.9 Å². The zero-order valence-corrected chi connectivity index (χ0v) is 12.3. The van der Waals surface area contributed by atoms with Crippen molar-refractivity contribution in [1.82, 2.24) is 0 Å². The summed E-state index contributed by atoms with van der Waals surface area (Å²) in [6.07, 6.45) is 2.40. The maximum Gasteiger partial charge on any atom is 0.123 e. The van der Waals surface area contributed by atoms with E-state index in [1.807, 2.05) is 6.07 Å². The van der Waals surface area contributed by atoms with Crippen LogP contribution in [-0.2, 0) is 6.42 Å². The van der Waals surface area contributed by atoms with Gasteiger partial charge in [-0.05, 0) is 29.5 Å². The van der Waals surface area contributed by atoms with Gasteiger partial charge in [0.2, 0.25) is 0 Å². The summed E-state index contributed by atoms with van der Waals surface area (Å²) in [5.74, 6) is 1.58. The molecule has 1 aliphatic heterocycles. The summed E-state index contributed by atoms with van der Waals surface area (Å²) in [5.41, 5.74) is 2.73. The van der Waals surface area contributed by atoms with E-state index in [4.69, 9.17) is 4.74 Å². The second-order valence-corrected chi connectivity index (χ2v) is 5.70. The molecular formula is C17H17BrO. The summed E-state index contributed by atoms with van der Waals surface area (Å²) in [6, 6.07) is 19.1. The molecule has 3 rings (SSSR count). The van der Waals surface area contributed by atoms with E-state index < -0.39 is 0 Å². The number of halogens is 1. The van der Waals surface area contributed by atoms with E-state index in [0.29, 0.717) is 12.0 Å². The van der Waals surface area contributed by atoms with Crippen molar-refractivity contribution in [3.05, 3.63) is 65.7 Å². The molecule has 2 aromatic rings. The lowest BCUT2D eigenvalue weighted by Crippen LogP contribution is -2.18. The first-order chi connectivity index (χ1) is 9.36. The number of ether oxygens (including phenoxy) is 1. The molecule has 0 spiro atoms. The molecule has 0 aliphatic carbocycles. The quantitative estimate of drug-likeness (QED) is 0.751. The van der Waals surface area contributed by atoms with Crippen LogP contribution in [-0.4, -0.2) is 11.4 Å². The highest BCUT2D eigenvalue weighted by Gasteiger charge is 2.25. The average Bonchev–Trinajstić information content (AvgIpc) is 2.88. The van der Waals surface area contributed by atoms with Crippen LogP contribution >= 0.6 is 15.9 Å². The van der Waals surface area contributed by atoms with Gasteiger partial charge in [0.15, 0.2) is 0 Å². The third-order valence-electron chi connectivity index (χ3n) is 3.72. The van der Waals surface area contributed by atoms with Crippen molar-refractivity contribution in [2.75, 3.05) is 5.33 Å². The molecule has 98 valence electrons. The summed E-state index contributed by atoms with van der Waals surface area (Å²) in [6.45, 7) is 0. The first kappa shape index (κ1) is 12.7. The van der Waals surface area contributed by atoms with Gasteiger partial charge in [0.1, 0.15) is 11.9 Å². The molecule has 0 saturated heterocycles. The third kappa shape index (κ3) is 2.84. The molecule has 2 atom stereocenters. The topological polar surface area (TPSA) is 9.23 Å². The van der Waals surface area contributed by atoms with Crippen LogP contribution in [0, 0.1) is 0 Å². The standard InChI is InChI=1S/C17H17BrO/c18-12-15(13-6-2-1-3-7-13)11-16-10-14-8-4-5-9-17(14)19-16/h1-9,15-16H,10-12H2. The van der Waals surface area contributed by atoms with Crippen molar-refractivity contribution in [3.63, 3.8) is 0 Å². The number of alkyl halides is 1. The Morgan fingerprint density at radius 3 is 2.53 bits per heavy atom. The van der Waals surface area contributed by atoms with Gasteiger partial charge in [0.25, 0.3) is 0 Å². The van der Waals surface area contributed by atoms with Gasteiger partial charge in [-0.25, -0.2) is 0 Å². The summed E-state index contributed by atoms with van der Waals surface area (Å²) in [5, 5.41) is 0.979. The molecule has 2 unspecified atom stereocenters. The molecular weight excluding hydrogens is 300 g/mol. The Bertz CT molecular complexity index is 513. The Morgan fingerprint density at radius 1 is 1.05 bits per heavy atom. The van der Waals surface area contributed by atoms with E-state index in [0.717, 1.165) is 23.9 Å². The van der Waals surface area contributed by atoms with Crippen LogP contribution in [0.3, 0.4) is 0 Å². The van der Waals surface area contributed by atoms with Gasteiger partial charge in [-0.2, -0.15) is 0 Å². The molecule has 2 heteroatoms. The number of hydrogen-bond donors (Lipinski definition) is 0. The zero-order chi connectivity index (χ0) is 13.1. The van der Waals surface area contributed by atoms with Gasteiger partial charge in [-0.15, -0.1) is 0 Å². The van der Waals surface area contributed by atoms with Gasteiger partial charge in [0, 0.05) is 11.8 Å². The zero-order valence-electron chi connectivity index (χ0n) is 10.8. The van der Waals surface area contributed by atoms with Crippen LogP contribution in [0.25, 0.3) is 0 Å². The van der Waals surface area contributed by atoms with Crippen LogP contribution in [0.5, 0.6) is 5.75 Å². The highest BCUT2D eigenvalue weighted by atomic mass is 79.9. The van der Waals surface area contributed by atoms with Crippen molar-refractivity contribution in [2.24, 2.45) is 0 Å². The Morgan fingerprint density at radius 2 is 1.79 bits per heavy atom. The van der Waals surface area contributed by atoms with E-state index in [9.17, 15) is 0 Å². The summed E-state index contributed by atoms with van der Waals surface area (Å²) in [4.78, 5) is 0. The normalized spacial score (nSPS) is 18.7. The summed E-state index contributed by atoms with van der Waals surface area (Å²) < 4.78 is 6.04. The highest BCUT2D eigenvalue weighted by molar-refractivity contribution is 9.09. The molecule has 1 heterocycles. The van der Waals surface area contributed by atoms with E-state index in [1.165, 1.54) is 11.1 Å². The Kier molecular flexibility index (Phi) is 3.88. The molecule has 0 bridgehead atoms. The molecule has 0 N–H and O–H groups in total. The van der Waals surface area contributed by atoms with Crippen molar-refractivity contribution < 1.29 is 4.74 Å². The van der Waals surface area contributed by atoms with E-state index in [2.05, 4.69) is 64.5 Å². The molecule has 0 saturated carbocycles. The van der Waals surface area contributed by atoms with Gasteiger partial charge >= 0.3 is 0 Å². The monoisotopic (exact) mass is 316 g/mol. The maximum absolute atomic E-state index is 6.04. The fraction of sp³-hybridized carbons (Fsp3) is 0.294. The lowest BCUT2D eigenvalue weighted by atomic mass is 9.93. The van der Waals surface area contributed by atoms with Gasteiger partial charge in [-0.1, -0.05) is 64.5 Å². The smallest absolute Gasteiger partial charge is 0.123 e. The number of benzene rings is 2. The third-order valence-corrected chi connectivity index (χ3v) is 4.50. The SMILES string of the molecule is BrCC(CC1Cc2ccccc2O1)c1ccccc1. The second kappa shape index (κ2) is 5.79. The highest BCUT2D eigenvalue weighted by Crippen LogP contribution is 2.33. The average molecular weight is 317 g/mol. The van der Waals surface area contributed by atoms with Gasteiger partial charge in [0.05, 0.1) is 0 Å². The fourth-order valence-corrected chi connectivity index (χ4v) is 3.35. The lowest BCUT2D eigenvalue weighted by molar-refractivity contribution is 0.213. The number of fused-ring (bicyclic) bond motifs is 1. The summed E-state index contributed by atoms with van der Waals surface area (Å²) >= 11 is 3.64. The van der Waals surface area contributed by atoms with Crippen LogP contribution in [0.1, 0.15) is 23.5 Å². The van der Waals surface area contributed by atoms with Crippen LogP contribution < -0.4 is 4.74 Å². The van der Waals surface area contributed by atoms with Crippen molar-refractivity contribution >= 4 is 15.9 Å². The predicted molar refractivity (Wildman–Crippen MR) is 82.2 cm³/mol. The molecule has 0 amide bonds. The largest absolute Gasteiger partial charge is 0.490 e. The van der Waals surface area contributed by atoms with Crippen LogP contribution in [0.15, 0.2) is 54.6 Å². The van der Waals surface area contributed by atoms with E-state index in [1.54, 1.807) is 0 Å². The van der Waals surface area contributed by atoms with Crippen molar-refractivity contribution in [3.8, 4) is 5.75 Å². The Labute approximate surface area is 122 Å².